The second-order valence-electron chi connectivity index (χ2n) is 12.0. The third kappa shape index (κ3) is 5.87. The predicted octanol–water partition coefficient (Wildman–Crippen LogP) is 4.31. The van der Waals surface area contributed by atoms with E-state index in [1.807, 2.05) is 36.4 Å². The van der Waals surface area contributed by atoms with Crippen molar-refractivity contribution in [3.05, 3.63) is 171 Å². The summed E-state index contributed by atoms with van der Waals surface area (Å²) in [5, 5.41) is 6.36. The Balaban J connectivity index is 0.00000216. The molecule has 0 saturated heterocycles. The molecule has 0 radical (unpaired) electrons. The molecule has 9 heteroatoms. The van der Waals surface area contributed by atoms with E-state index in [1.54, 1.807) is 0 Å². The van der Waals surface area contributed by atoms with Gasteiger partial charge in [-0.25, -0.2) is 0 Å². The molecular weight excluding hydrogens is 769 g/mol. The van der Waals surface area contributed by atoms with E-state index in [9.17, 15) is 26.3 Å². The summed E-state index contributed by atoms with van der Waals surface area (Å²) in [4.78, 5) is 0. The van der Waals surface area contributed by atoms with Crippen molar-refractivity contribution in [1.29, 1.82) is 0 Å². The van der Waals surface area contributed by atoms with E-state index in [-0.39, 0.29) is 24.8 Å². The second kappa shape index (κ2) is 13.3. The SMILES string of the molecule is FC(F)(F)c1ccc(C(c2ccc(C(F)(F)F)cc2)=c2ccc3c(c2C2=CC=CC2)-c2c(c4ccccc4c4ccccc24)[C]=3[Zr+2])cc1.[Cl-].[Cl-]. The summed E-state index contributed by atoms with van der Waals surface area (Å²) in [7, 11) is 0. The van der Waals surface area contributed by atoms with Crippen molar-refractivity contribution in [1.82, 2.24) is 0 Å². The molecule has 0 amide bonds. The fourth-order valence-corrected chi connectivity index (χ4v) is 8.32. The summed E-state index contributed by atoms with van der Waals surface area (Å²) in [6.07, 6.45) is -2.31. The molecular formula is C41H23Cl2F6Zr. The second-order valence-corrected chi connectivity index (χ2v) is 13.2. The number of rotatable bonds is 3. The van der Waals surface area contributed by atoms with Crippen LogP contribution in [0, 0.1) is 0 Å². The van der Waals surface area contributed by atoms with Gasteiger partial charge in [-0.05, 0) is 0 Å². The molecule has 8 rings (SSSR count). The Hall–Kier alpha value is -3.90. The summed E-state index contributed by atoms with van der Waals surface area (Å²) >= 11 is 1.24. The zero-order valence-corrected chi connectivity index (χ0v) is 29.8. The fourth-order valence-electron chi connectivity index (χ4n) is 7.17. The molecule has 0 unspecified atom stereocenters. The fraction of sp³-hybridized carbons (Fsp3) is 0.0732. The van der Waals surface area contributed by atoms with Gasteiger partial charge in [-0.3, -0.25) is 0 Å². The Labute approximate surface area is 311 Å². The van der Waals surface area contributed by atoms with E-state index in [4.69, 9.17) is 0 Å². The first-order chi connectivity index (χ1) is 23.0. The molecule has 0 nitrogen and oxygen atoms in total. The third-order valence-electron chi connectivity index (χ3n) is 9.27. The van der Waals surface area contributed by atoms with Crippen LogP contribution in [0.5, 0.6) is 0 Å². The number of benzene rings is 6. The minimum atomic E-state index is -4.53. The van der Waals surface area contributed by atoms with E-state index in [0.717, 1.165) is 78.5 Å². The van der Waals surface area contributed by atoms with E-state index < -0.39 is 23.5 Å². The molecule has 0 bridgehead atoms. The smallest absolute Gasteiger partial charge is 1.00 e. The average Bonchev–Trinajstić information content (AvgIpc) is 3.72. The number of hydrogen-bond acceptors (Lipinski definition) is 0. The summed E-state index contributed by atoms with van der Waals surface area (Å²) in [5.41, 5.74) is 5.22. The Morgan fingerprint density at radius 2 is 1.00 bits per heavy atom. The van der Waals surface area contributed by atoms with Crippen LogP contribution in [-0.2, 0) is 37.1 Å². The molecule has 0 saturated carbocycles. The van der Waals surface area contributed by atoms with Crippen LogP contribution < -0.4 is 35.3 Å². The number of hydrogen-bond donors (Lipinski definition) is 0. The molecule has 0 fully saturated rings. The zero-order chi connectivity index (χ0) is 33.4. The van der Waals surface area contributed by atoms with Crippen LogP contribution in [0.25, 0.3) is 47.1 Å². The van der Waals surface area contributed by atoms with Crippen molar-refractivity contribution in [2.45, 2.75) is 18.8 Å². The predicted molar refractivity (Wildman–Crippen MR) is 175 cm³/mol. The van der Waals surface area contributed by atoms with Gasteiger partial charge in [0.05, 0.1) is 0 Å². The van der Waals surface area contributed by atoms with Crippen LogP contribution in [0.3, 0.4) is 0 Å². The maximum atomic E-state index is 13.6. The van der Waals surface area contributed by atoms with Gasteiger partial charge < -0.3 is 24.8 Å². The Morgan fingerprint density at radius 3 is 1.46 bits per heavy atom. The van der Waals surface area contributed by atoms with Gasteiger partial charge in [0, 0.05) is 0 Å². The van der Waals surface area contributed by atoms with Crippen molar-refractivity contribution in [2.75, 3.05) is 0 Å². The van der Waals surface area contributed by atoms with Crippen LogP contribution in [0.4, 0.5) is 26.3 Å². The van der Waals surface area contributed by atoms with E-state index in [2.05, 4.69) is 42.5 Å². The molecule has 2 aliphatic rings. The topological polar surface area (TPSA) is 0 Å². The monoisotopic (exact) mass is 789 g/mol. The molecule has 0 spiro atoms. The molecule has 2 aliphatic carbocycles. The maximum Gasteiger partial charge on any atom is -1.00 e. The molecule has 6 aromatic rings. The van der Waals surface area contributed by atoms with Crippen molar-refractivity contribution < 1.29 is 75.9 Å². The first-order valence-corrected chi connectivity index (χ1v) is 16.5. The van der Waals surface area contributed by atoms with Gasteiger partial charge in [0.15, 0.2) is 0 Å². The average molecular weight is 792 g/mol. The molecule has 247 valence electrons. The number of halogens is 8. The molecule has 0 aliphatic heterocycles. The summed E-state index contributed by atoms with van der Waals surface area (Å²) in [6, 6.07) is 30.5. The minimum Gasteiger partial charge on any atom is -1.00 e. The van der Waals surface area contributed by atoms with Gasteiger partial charge in [-0.15, -0.1) is 0 Å². The van der Waals surface area contributed by atoms with Crippen LogP contribution in [0.1, 0.15) is 39.8 Å². The van der Waals surface area contributed by atoms with E-state index in [0.29, 0.717) is 23.1 Å². The van der Waals surface area contributed by atoms with Gasteiger partial charge in [0.1, 0.15) is 0 Å². The molecule has 6 aromatic carbocycles. The van der Waals surface area contributed by atoms with Gasteiger partial charge in [-0.1, -0.05) is 0 Å². The van der Waals surface area contributed by atoms with Crippen molar-refractivity contribution >= 4 is 36.0 Å². The Morgan fingerprint density at radius 1 is 0.520 bits per heavy atom. The normalized spacial score (nSPS) is 13.5. The standard InChI is InChI=1S/C41H23F6.2ClH.Zr/c42-40(43,44)28-18-13-25(14-19-28)36(26-15-20-29(21-16-26)41(45,46)47)34-22-17-27-23-35-32-11-4-3-9-30(32)31-10-5-6-12-33(31)39(35)38(27)37(34)24-7-1-2-8-24;;;/h1-7,9-22H,8H2;2*1H;/q;;;+2/p-2. The molecule has 50 heavy (non-hydrogen) atoms. The van der Waals surface area contributed by atoms with Crippen LogP contribution in [0.15, 0.2) is 127 Å². The molecule has 0 N–H and O–H groups in total. The zero-order valence-electron chi connectivity index (χ0n) is 25.9. The number of alkyl halides is 6. The number of allylic oxidation sites excluding steroid dienone is 4. The van der Waals surface area contributed by atoms with Crippen molar-refractivity contribution in [3.8, 4) is 11.1 Å². The maximum absolute atomic E-state index is 13.6. The van der Waals surface area contributed by atoms with E-state index in [1.165, 1.54) is 57.8 Å². The Bertz CT molecular complexity index is 2430. The number of fused-ring (bicyclic) bond motifs is 8. The summed E-state index contributed by atoms with van der Waals surface area (Å²) in [5.74, 6) is 0. The van der Waals surface area contributed by atoms with Crippen LogP contribution >= 0.6 is 0 Å². The quantitative estimate of drug-likeness (QED) is 0.186. The summed E-state index contributed by atoms with van der Waals surface area (Å²) < 4.78 is 83.0. The largest absolute Gasteiger partial charge is 1.00 e. The minimum absolute atomic E-state index is 0. The molecule has 0 aromatic heterocycles. The first kappa shape index (κ1) is 35.9. The van der Waals surface area contributed by atoms with Crippen LogP contribution in [-0.4, -0.2) is 0 Å². The first-order valence-electron chi connectivity index (χ1n) is 15.3. The van der Waals surface area contributed by atoms with E-state index >= 15 is 0 Å². The van der Waals surface area contributed by atoms with Crippen molar-refractivity contribution in [3.63, 3.8) is 0 Å². The Kier molecular flexibility index (Phi) is 9.58. The third-order valence-corrected chi connectivity index (χ3v) is 10.5. The molecule has 0 atom stereocenters. The van der Waals surface area contributed by atoms with Crippen LogP contribution in [0.2, 0.25) is 0 Å². The summed E-state index contributed by atoms with van der Waals surface area (Å²) in [6.45, 7) is 0. The molecule has 0 heterocycles. The van der Waals surface area contributed by atoms with Gasteiger partial charge in [0.25, 0.3) is 0 Å². The van der Waals surface area contributed by atoms with Gasteiger partial charge >= 0.3 is 288 Å². The van der Waals surface area contributed by atoms with Gasteiger partial charge in [-0.2, -0.15) is 0 Å². The van der Waals surface area contributed by atoms with Crippen molar-refractivity contribution in [2.24, 2.45) is 0 Å². The van der Waals surface area contributed by atoms with Gasteiger partial charge in [0.2, 0.25) is 0 Å².